The minimum atomic E-state index is -0.129. The molecule has 0 aliphatic heterocycles. The van der Waals surface area contributed by atoms with Gasteiger partial charge in [-0.05, 0) is 23.8 Å². The number of pyridine rings is 1. The number of hydrogen-bond donors (Lipinski definition) is 1. The van der Waals surface area contributed by atoms with E-state index in [1.165, 1.54) is 0 Å². The van der Waals surface area contributed by atoms with Gasteiger partial charge < -0.3 is 15.2 Å². The molecule has 1 unspecified atom stereocenters. The molecule has 1 aromatic carbocycles. The van der Waals surface area contributed by atoms with Gasteiger partial charge in [0.1, 0.15) is 5.75 Å². The molecule has 0 radical (unpaired) electrons. The zero-order valence-corrected chi connectivity index (χ0v) is 11.0. The van der Waals surface area contributed by atoms with Crippen LogP contribution in [0.4, 0.5) is 0 Å². The minimum Gasteiger partial charge on any atom is -0.497 e. The fourth-order valence-electron chi connectivity index (χ4n) is 1.79. The highest BCUT2D eigenvalue weighted by molar-refractivity contribution is 5.26. The Kier molecular flexibility index (Phi) is 4.89. The van der Waals surface area contributed by atoms with Gasteiger partial charge in [-0.15, -0.1) is 0 Å². The maximum absolute atomic E-state index is 5.83. The van der Waals surface area contributed by atoms with E-state index in [9.17, 15) is 0 Å². The van der Waals surface area contributed by atoms with Crippen molar-refractivity contribution in [2.24, 2.45) is 5.73 Å². The van der Waals surface area contributed by atoms with Gasteiger partial charge in [-0.2, -0.15) is 0 Å². The molecule has 2 N–H and O–H groups in total. The van der Waals surface area contributed by atoms with Gasteiger partial charge >= 0.3 is 0 Å². The summed E-state index contributed by atoms with van der Waals surface area (Å²) in [5.41, 5.74) is 7.83. The van der Waals surface area contributed by atoms with Crippen LogP contribution >= 0.6 is 0 Å². The molecular formula is C15H18N2O2. The van der Waals surface area contributed by atoms with Crippen LogP contribution in [0.2, 0.25) is 0 Å². The number of methoxy groups -OCH3 is 1. The maximum atomic E-state index is 5.83. The van der Waals surface area contributed by atoms with Crippen molar-refractivity contribution in [3.63, 3.8) is 0 Å². The van der Waals surface area contributed by atoms with Crippen molar-refractivity contribution in [3.05, 3.63) is 59.9 Å². The number of rotatable bonds is 6. The molecule has 19 heavy (non-hydrogen) atoms. The van der Waals surface area contributed by atoms with E-state index in [1.54, 1.807) is 19.5 Å². The van der Waals surface area contributed by atoms with Crippen LogP contribution in [0.5, 0.6) is 5.75 Å². The Labute approximate surface area is 113 Å². The van der Waals surface area contributed by atoms with Crippen molar-refractivity contribution in [1.82, 2.24) is 4.98 Å². The molecule has 0 aliphatic rings. The lowest BCUT2D eigenvalue weighted by atomic mass is 10.1. The van der Waals surface area contributed by atoms with Crippen LogP contribution in [0.15, 0.2) is 48.8 Å². The fourth-order valence-corrected chi connectivity index (χ4v) is 1.79. The van der Waals surface area contributed by atoms with Gasteiger partial charge in [0.25, 0.3) is 0 Å². The Morgan fingerprint density at radius 2 is 2.00 bits per heavy atom. The van der Waals surface area contributed by atoms with E-state index in [2.05, 4.69) is 4.98 Å². The summed E-state index contributed by atoms with van der Waals surface area (Å²) in [6, 6.07) is 11.7. The maximum Gasteiger partial charge on any atom is 0.118 e. The molecule has 0 fully saturated rings. The van der Waals surface area contributed by atoms with Gasteiger partial charge in [-0.3, -0.25) is 4.98 Å². The first kappa shape index (κ1) is 13.5. The van der Waals surface area contributed by atoms with Crippen LogP contribution in [-0.2, 0) is 11.3 Å². The largest absolute Gasteiger partial charge is 0.497 e. The number of nitrogens with zero attached hydrogens (tertiary/aromatic N) is 1. The number of hydrogen-bond acceptors (Lipinski definition) is 4. The summed E-state index contributed by atoms with van der Waals surface area (Å²) in [6.07, 6.45) is 3.39. The molecule has 0 bridgehead atoms. The topological polar surface area (TPSA) is 57.4 Å². The molecule has 0 saturated heterocycles. The third-order valence-corrected chi connectivity index (χ3v) is 2.88. The molecule has 4 nitrogen and oxygen atoms in total. The zero-order chi connectivity index (χ0) is 13.5. The molecule has 1 atom stereocenters. The molecule has 4 heteroatoms. The van der Waals surface area contributed by atoms with E-state index in [4.69, 9.17) is 15.2 Å². The van der Waals surface area contributed by atoms with Gasteiger partial charge in [0, 0.05) is 24.5 Å². The van der Waals surface area contributed by atoms with E-state index in [-0.39, 0.29) is 6.10 Å². The minimum absolute atomic E-state index is 0.129. The van der Waals surface area contributed by atoms with Crippen LogP contribution in [0, 0.1) is 0 Å². The first-order valence-electron chi connectivity index (χ1n) is 6.18. The lowest BCUT2D eigenvalue weighted by Gasteiger charge is -2.16. The Morgan fingerprint density at radius 1 is 1.21 bits per heavy atom. The molecule has 1 heterocycles. The normalized spacial score (nSPS) is 12.1. The summed E-state index contributed by atoms with van der Waals surface area (Å²) in [5, 5.41) is 0. The average molecular weight is 258 g/mol. The highest BCUT2D eigenvalue weighted by atomic mass is 16.5. The predicted octanol–water partition coefficient (Wildman–Crippen LogP) is 2.31. The van der Waals surface area contributed by atoms with Crippen molar-refractivity contribution in [2.45, 2.75) is 12.7 Å². The van der Waals surface area contributed by atoms with Crippen molar-refractivity contribution >= 4 is 0 Å². The van der Waals surface area contributed by atoms with Crippen molar-refractivity contribution in [2.75, 3.05) is 13.7 Å². The number of aromatic nitrogens is 1. The smallest absolute Gasteiger partial charge is 0.118 e. The van der Waals surface area contributed by atoms with E-state index in [1.807, 2.05) is 36.4 Å². The monoisotopic (exact) mass is 258 g/mol. The summed E-state index contributed by atoms with van der Waals surface area (Å²) < 4.78 is 10.9. The second-order valence-electron chi connectivity index (χ2n) is 4.17. The van der Waals surface area contributed by atoms with E-state index in [0.29, 0.717) is 13.2 Å². The fraction of sp³-hybridized carbons (Fsp3) is 0.267. The quantitative estimate of drug-likeness (QED) is 0.863. The summed E-state index contributed by atoms with van der Waals surface area (Å²) in [5.74, 6) is 0.839. The van der Waals surface area contributed by atoms with Gasteiger partial charge in [0.05, 0.1) is 19.8 Å². The van der Waals surface area contributed by atoms with E-state index in [0.717, 1.165) is 16.9 Å². The molecule has 0 spiro atoms. The lowest BCUT2D eigenvalue weighted by Crippen LogP contribution is -2.16. The molecular weight excluding hydrogens is 240 g/mol. The molecule has 0 amide bonds. The number of nitrogens with two attached hydrogens (primary N) is 1. The SMILES string of the molecule is COc1ccc(COC(CN)c2cccnc2)cc1. The molecule has 0 saturated carbocycles. The van der Waals surface area contributed by atoms with Crippen molar-refractivity contribution < 1.29 is 9.47 Å². The first-order valence-corrected chi connectivity index (χ1v) is 6.18. The van der Waals surface area contributed by atoms with Gasteiger partial charge in [0.15, 0.2) is 0 Å². The molecule has 2 rings (SSSR count). The zero-order valence-electron chi connectivity index (χ0n) is 11.0. The lowest BCUT2D eigenvalue weighted by molar-refractivity contribution is 0.0454. The average Bonchev–Trinajstić information content (AvgIpc) is 2.49. The van der Waals surface area contributed by atoms with E-state index < -0.39 is 0 Å². The molecule has 1 aromatic heterocycles. The Bertz CT molecular complexity index is 485. The summed E-state index contributed by atoms with van der Waals surface area (Å²) in [6.45, 7) is 0.947. The van der Waals surface area contributed by atoms with Crippen molar-refractivity contribution in [1.29, 1.82) is 0 Å². The number of ether oxygens (including phenoxy) is 2. The summed E-state index contributed by atoms with van der Waals surface area (Å²) in [4.78, 5) is 4.08. The second kappa shape index (κ2) is 6.87. The molecule has 100 valence electrons. The van der Waals surface area contributed by atoms with Crippen LogP contribution in [0.1, 0.15) is 17.2 Å². The van der Waals surface area contributed by atoms with Crippen LogP contribution in [0.3, 0.4) is 0 Å². The first-order chi connectivity index (χ1) is 9.33. The summed E-state index contributed by atoms with van der Waals surface area (Å²) in [7, 11) is 1.65. The Hall–Kier alpha value is -1.91. The molecule has 2 aromatic rings. The third-order valence-electron chi connectivity index (χ3n) is 2.88. The highest BCUT2D eigenvalue weighted by Gasteiger charge is 2.10. The van der Waals surface area contributed by atoms with Gasteiger partial charge in [-0.25, -0.2) is 0 Å². The Balaban J connectivity index is 1.96. The van der Waals surface area contributed by atoms with Gasteiger partial charge in [-0.1, -0.05) is 18.2 Å². The van der Waals surface area contributed by atoms with Crippen LogP contribution < -0.4 is 10.5 Å². The Morgan fingerprint density at radius 3 is 2.58 bits per heavy atom. The van der Waals surface area contributed by atoms with Gasteiger partial charge in [0.2, 0.25) is 0 Å². The van der Waals surface area contributed by atoms with Crippen molar-refractivity contribution in [3.8, 4) is 5.75 Å². The second-order valence-corrected chi connectivity index (χ2v) is 4.17. The van der Waals surface area contributed by atoms with E-state index >= 15 is 0 Å². The van der Waals surface area contributed by atoms with Crippen LogP contribution in [-0.4, -0.2) is 18.6 Å². The number of benzene rings is 1. The molecule has 0 aliphatic carbocycles. The predicted molar refractivity (Wildman–Crippen MR) is 73.8 cm³/mol. The standard InChI is InChI=1S/C15H18N2O2/c1-18-14-6-4-12(5-7-14)11-19-15(9-16)13-3-2-8-17-10-13/h2-8,10,15H,9,11,16H2,1H3. The van der Waals surface area contributed by atoms with Crippen LogP contribution in [0.25, 0.3) is 0 Å². The summed E-state index contributed by atoms with van der Waals surface area (Å²) >= 11 is 0. The highest BCUT2D eigenvalue weighted by Crippen LogP contribution is 2.18. The third kappa shape index (κ3) is 3.77.